The average Bonchev–Trinajstić information content (AvgIpc) is 3.39. The third kappa shape index (κ3) is 3.74. The van der Waals surface area contributed by atoms with Gasteiger partial charge in [-0.15, -0.1) is 0 Å². The number of aromatic nitrogens is 1. The van der Waals surface area contributed by atoms with E-state index < -0.39 is 15.8 Å². The number of thiazole rings is 1. The summed E-state index contributed by atoms with van der Waals surface area (Å²) in [5.41, 5.74) is 3.67. The van der Waals surface area contributed by atoms with Crippen LogP contribution < -0.4 is 10.0 Å². The van der Waals surface area contributed by atoms with Crippen LogP contribution in [0.15, 0.2) is 89.8 Å². The van der Waals surface area contributed by atoms with E-state index in [1.165, 1.54) is 53.1 Å². The van der Waals surface area contributed by atoms with Gasteiger partial charge in [0.05, 0.1) is 15.5 Å². The Morgan fingerprint density at radius 1 is 0.857 bits per heavy atom. The smallest absolute Gasteiger partial charge is 0.261 e. The van der Waals surface area contributed by atoms with Gasteiger partial charge in [-0.2, -0.15) is 0 Å². The van der Waals surface area contributed by atoms with Gasteiger partial charge in [-0.25, -0.2) is 17.8 Å². The number of carbonyl (C=O) groups is 1. The fourth-order valence-corrected chi connectivity index (χ4v) is 6.22. The van der Waals surface area contributed by atoms with E-state index in [1.807, 2.05) is 18.2 Å². The Bertz CT molecular complexity index is 1670. The Kier molecular flexibility index (Phi) is 4.91. The van der Waals surface area contributed by atoms with Crippen molar-refractivity contribution in [3.05, 3.63) is 96.3 Å². The summed E-state index contributed by atoms with van der Waals surface area (Å²) in [6.07, 6.45) is 0. The van der Waals surface area contributed by atoms with Crippen molar-refractivity contribution in [3.8, 4) is 21.7 Å². The Morgan fingerprint density at radius 2 is 1.54 bits per heavy atom. The van der Waals surface area contributed by atoms with E-state index in [4.69, 9.17) is 0 Å². The highest BCUT2D eigenvalue weighted by Gasteiger charge is 2.26. The molecule has 0 saturated carbocycles. The van der Waals surface area contributed by atoms with E-state index in [0.29, 0.717) is 10.7 Å². The lowest BCUT2D eigenvalue weighted by atomic mass is 10.0. The molecule has 1 aliphatic carbocycles. The Balaban J connectivity index is 1.19. The van der Waals surface area contributed by atoms with Crippen molar-refractivity contribution in [2.24, 2.45) is 0 Å². The van der Waals surface area contributed by atoms with E-state index in [9.17, 15) is 17.6 Å². The number of benzene rings is 4. The molecule has 0 radical (unpaired) electrons. The molecule has 0 fully saturated rings. The normalized spacial score (nSPS) is 11.9. The molecule has 1 heterocycles. The van der Waals surface area contributed by atoms with Crippen LogP contribution in [0.2, 0.25) is 0 Å². The lowest BCUT2D eigenvalue weighted by Gasteiger charge is -2.09. The van der Waals surface area contributed by atoms with Gasteiger partial charge in [0.1, 0.15) is 5.82 Å². The van der Waals surface area contributed by atoms with E-state index in [2.05, 4.69) is 33.2 Å². The summed E-state index contributed by atoms with van der Waals surface area (Å²) in [6, 6.07) is 22.8. The van der Waals surface area contributed by atoms with Gasteiger partial charge in [0.2, 0.25) is 0 Å². The second-order valence-electron chi connectivity index (χ2n) is 8.00. The average molecular weight is 502 g/mol. The van der Waals surface area contributed by atoms with Gasteiger partial charge in [-0.3, -0.25) is 14.8 Å². The van der Waals surface area contributed by atoms with Gasteiger partial charge in [0, 0.05) is 22.4 Å². The highest BCUT2D eigenvalue weighted by Crippen LogP contribution is 2.50. The first-order valence-electron chi connectivity index (χ1n) is 10.6. The van der Waals surface area contributed by atoms with Crippen LogP contribution in [0.1, 0.15) is 10.4 Å². The van der Waals surface area contributed by atoms with Gasteiger partial charge in [-0.05, 0) is 59.3 Å². The Morgan fingerprint density at radius 3 is 2.26 bits per heavy atom. The first-order valence-corrected chi connectivity index (χ1v) is 12.9. The third-order valence-corrected chi connectivity index (χ3v) is 8.18. The van der Waals surface area contributed by atoms with Crippen LogP contribution in [0.5, 0.6) is 0 Å². The van der Waals surface area contributed by atoms with Crippen molar-refractivity contribution in [2.75, 3.05) is 10.0 Å². The minimum Gasteiger partial charge on any atom is -0.298 e. The SMILES string of the molecule is O=C(Nc1nc2c(s1)-c1cccc3cccc-2c13)c1ccc(NS(=O)(=O)c2ccc(F)cc2)cc1. The van der Waals surface area contributed by atoms with Crippen LogP contribution in [0, 0.1) is 5.82 Å². The predicted octanol–water partition coefficient (Wildman–Crippen LogP) is 6.14. The van der Waals surface area contributed by atoms with Gasteiger partial charge >= 0.3 is 0 Å². The summed E-state index contributed by atoms with van der Waals surface area (Å²) in [4.78, 5) is 18.4. The van der Waals surface area contributed by atoms with Crippen LogP contribution in [0.4, 0.5) is 15.2 Å². The van der Waals surface area contributed by atoms with E-state index in [-0.39, 0.29) is 16.5 Å². The van der Waals surface area contributed by atoms with Crippen LogP contribution in [-0.4, -0.2) is 19.3 Å². The molecule has 1 aliphatic rings. The van der Waals surface area contributed by atoms with Crippen molar-refractivity contribution in [1.29, 1.82) is 0 Å². The Hall–Kier alpha value is -4.08. The van der Waals surface area contributed by atoms with Crippen molar-refractivity contribution in [2.45, 2.75) is 4.90 Å². The zero-order chi connectivity index (χ0) is 24.2. The first kappa shape index (κ1) is 21.5. The number of amides is 1. The molecule has 5 aromatic rings. The number of carbonyl (C=O) groups excluding carboxylic acids is 1. The maximum absolute atomic E-state index is 13.1. The van der Waals surface area contributed by atoms with Crippen molar-refractivity contribution in [1.82, 2.24) is 4.98 Å². The molecule has 172 valence electrons. The van der Waals surface area contributed by atoms with Gasteiger partial charge in [-0.1, -0.05) is 47.7 Å². The molecule has 2 N–H and O–H groups in total. The molecule has 0 unspecified atom stereocenters. The maximum Gasteiger partial charge on any atom is 0.261 e. The molecule has 6 rings (SSSR count). The van der Waals surface area contributed by atoms with Gasteiger partial charge < -0.3 is 0 Å². The van der Waals surface area contributed by atoms with Crippen LogP contribution in [-0.2, 0) is 10.0 Å². The largest absolute Gasteiger partial charge is 0.298 e. The monoisotopic (exact) mass is 501 g/mol. The second-order valence-corrected chi connectivity index (χ2v) is 10.7. The fraction of sp³-hybridized carbons (Fsp3) is 0. The van der Waals surface area contributed by atoms with Crippen molar-refractivity contribution in [3.63, 3.8) is 0 Å². The molecule has 0 atom stereocenters. The number of anilines is 2. The van der Waals surface area contributed by atoms with Crippen LogP contribution in [0.3, 0.4) is 0 Å². The zero-order valence-corrected chi connectivity index (χ0v) is 19.6. The summed E-state index contributed by atoms with van der Waals surface area (Å²) in [5, 5.41) is 5.68. The molecular formula is C26H16FN3O3S2. The second kappa shape index (κ2) is 8.00. The summed E-state index contributed by atoms with van der Waals surface area (Å²) >= 11 is 1.42. The molecule has 35 heavy (non-hydrogen) atoms. The fourth-order valence-electron chi connectivity index (χ4n) is 4.15. The lowest BCUT2D eigenvalue weighted by Crippen LogP contribution is -2.14. The predicted molar refractivity (Wildman–Crippen MR) is 136 cm³/mol. The van der Waals surface area contributed by atoms with E-state index in [0.717, 1.165) is 39.2 Å². The molecule has 0 spiro atoms. The molecule has 1 amide bonds. The van der Waals surface area contributed by atoms with E-state index in [1.54, 1.807) is 0 Å². The zero-order valence-electron chi connectivity index (χ0n) is 17.9. The number of fused-ring (bicyclic) bond motifs is 3. The van der Waals surface area contributed by atoms with E-state index >= 15 is 0 Å². The number of nitrogens with zero attached hydrogens (tertiary/aromatic N) is 1. The van der Waals surface area contributed by atoms with Gasteiger partial charge in [0.15, 0.2) is 5.13 Å². The molecule has 9 heteroatoms. The number of hydrogen-bond donors (Lipinski definition) is 2. The minimum absolute atomic E-state index is 0.0604. The van der Waals surface area contributed by atoms with Crippen molar-refractivity contribution < 1.29 is 17.6 Å². The number of halogens is 1. The maximum atomic E-state index is 13.1. The van der Waals surface area contributed by atoms with Crippen molar-refractivity contribution >= 4 is 48.9 Å². The highest BCUT2D eigenvalue weighted by atomic mass is 32.2. The summed E-state index contributed by atoms with van der Waals surface area (Å²) in [7, 11) is -3.88. The molecular weight excluding hydrogens is 485 g/mol. The number of nitrogens with one attached hydrogen (secondary N) is 2. The molecule has 1 aromatic heterocycles. The minimum atomic E-state index is -3.88. The molecule has 6 nitrogen and oxygen atoms in total. The summed E-state index contributed by atoms with van der Waals surface area (Å²) in [6.45, 7) is 0. The third-order valence-electron chi connectivity index (χ3n) is 5.78. The van der Waals surface area contributed by atoms with Crippen LogP contribution >= 0.6 is 11.3 Å². The number of hydrogen-bond acceptors (Lipinski definition) is 5. The molecule has 4 aromatic carbocycles. The quantitative estimate of drug-likeness (QED) is 0.297. The standard InChI is InChI=1S/C26H16FN3O3S2/c27-17-9-13-19(14-10-17)35(32,33)30-18-11-7-16(8-12-18)25(31)29-26-28-23-20-5-1-3-15-4-2-6-21(22(15)20)24(23)34-26/h1-14,30H,(H,28,29,31). The highest BCUT2D eigenvalue weighted by molar-refractivity contribution is 7.92. The topological polar surface area (TPSA) is 88.2 Å². The molecule has 0 aliphatic heterocycles. The molecule has 0 saturated heterocycles. The number of rotatable bonds is 5. The van der Waals surface area contributed by atoms with Gasteiger partial charge in [0.25, 0.3) is 15.9 Å². The lowest BCUT2D eigenvalue weighted by molar-refractivity contribution is 0.102. The Labute approximate surface area is 204 Å². The van der Waals surface area contributed by atoms with Crippen LogP contribution in [0.25, 0.3) is 32.5 Å². The molecule has 0 bridgehead atoms. The summed E-state index contributed by atoms with van der Waals surface area (Å²) in [5.74, 6) is -0.872. The number of sulfonamides is 1. The summed E-state index contributed by atoms with van der Waals surface area (Å²) < 4.78 is 40.5. The first-order chi connectivity index (χ1) is 16.9.